The molecule has 0 saturated carbocycles. The maximum Gasteiger partial charge on any atom is 0.0428 e. The summed E-state index contributed by atoms with van der Waals surface area (Å²) in [4.78, 5) is 2.67. The van der Waals surface area contributed by atoms with Crippen molar-refractivity contribution in [3.63, 3.8) is 0 Å². The predicted molar refractivity (Wildman–Crippen MR) is 135 cm³/mol. The van der Waals surface area contributed by atoms with Crippen LogP contribution < -0.4 is 0 Å². The molecule has 0 nitrogen and oxygen atoms in total. The zero-order valence-electron chi connectivity index (χ0n) is 16.9. The van der Waals surface area contributed by atoms with E-state index >= 15 is 0 Å². The van der Waals surface area contributed by atoms with E-state index in [9.17, 15) is 0 Å². The molecule has 0 spiro atoms. The SMILES string of the molecule is Cc1ccc(-c2cc3ccc4c(ccc5cc(-c6ccc(C)cc6)sc54)c3s2)cc1. The first-order valence-electron chi connectivity index (χ1n) is 10.2. The first kappa shape index (κ1) is 17.9. The third kappa shape index (κ3) is 2.87. The molecule has 144 valence electrons. The number of benzene rings is 4. The molecule has 0 unspecified atom stereocenters. The van der Waals surface area contributed by atoms with Crippen LogP contribution in [0.2, 0.25) is 0 Å². The van der Waals surface area contributed by atoms with Crippen LogP contribution in [0, 0.1) is 13.8 Å². The Kier molecular flexibility index (Phi) is 4.05. The van der Waals surface area contributed by atoms with Crippen LogP contribution in [-0.4, -0.2) is 0 Å². The Labute approximate surface area is 184 Å². The molecule has 0 bridgehead atoms. The van der Waals surface area contributed by atoms with E-state index in [4.69, 9.17) is 0 Å². The zero-order chi connectivity index (χ0) is 20.2. The van der Waals surface area contributed by atoms with Gasteiger partial charge in [0.15, 0.2) is 0 Å². The summed E-state index contributed by atoms with van der Waals surface area (Å²) in [5.41, 5.74) is 5.20. The van der Waals surface area contributed by atoms with E-state index in [1.807, 2.05) is 22.7 Å². The van der Waals surface area contributed by atoms with Crippen LogP contribution in [0.1, 0.15) is 11.1 Å². The second-order valence-corrected chi connectivity index (χ2v) is 10.1. The topological polar surface area (TPSA) is 0 Å². The van der Waals surface area contributed by atoms with Gasteiger partial charge in [0.2, 0.25) is 0 Å². The highest BCUT2D eigenvalue weighted by Gasteiger charge is 2.12. The van der Waals surface area contributed by atoms with E-state index in [-0.39, 0.29) is 0 Å². The van der Waals surface area contributed by atoms with Gasteiger partial charge >= 0.3 is 0 Å². The number of thiophene rings is 2. The Bertz CT molecular complexity index is 1410. The fourth-order valence-electron chi connectivity index (χ4n) is 4.12. The number of hydrogen-bond acceptors (Lipinski definition) is 2. The summed E-state index contributed by atoms with van der Waals surface area (Å²) in [6, 6.07) is 31.6. The molecule has 0 atom stereocenters. The summed E-state index contributed by atoms with van der Waals surface area (Å²) in [7, 11) is 0. The average molecular weight is 421 g/mol. The van der Waals surface area contributed by atoms with Gasteiger partial charge in [0.05, 0.1) is 0 Å². The fraction of sp³-hybridized carbons (Fsp3) is 0.0714. The summed E-state index contributed by atoms with van der Waals surface area (Å²) in [6.45, 7) is 4.28. The predicted octanol–water partition coefficient (Wildman–Crippen LogP) is 9.22. The van der Waals surface area contributed by atoms with Gasteiger partial charge in [-0.2, -0.15) is 0 Å². The fourth-order valence-corrected chi connectivity index (χ4v) is 6.51. The maximum absolute atomic E-state index is 2.33. The lowest BCUT2D eigenvalue weighted by Crippen LogP contribution is -1.73. The minimum atomic E-state index is 1.30. The summed E-state index contributed by atoms with van der Waals surface area (Å²) in [6.07, 6.45) is 0. The lowest BCUT2D eigenvalue weighted by atomic mass is 10.1. The van der Waals surface area contributed by atoms with E-state index in [2.05, 4.69) is 98.8 Å². The van der Waals surface area contributed by atoms with Crippen LogP contribution in [0.3, 0.4) is 0 Å². The van der Waals surface area contributed by atoms with Crippen LogP contribution in [0.15, 0.2) is 84.9 Å². The van der Waals surface area contributed by atoms with Gasteiger partial charge in [-0.25, -0.2) is 0 Å². The van der Waals surface area contributed by atoms with Crippen molar-refractivity contribution < 1.29 is 0 Å². The first-order chi connectivity index (χ1) is 14.7. The highest BCUT2D eigenvalue weighted by molar-refractivity contribution is 7.24. The van der Waals surface area contributed by atoms with Crippen molar-refractivity contribution >= 4 is 53.6 Å². The molecule has 2 heteroatoms. The van der Waals surface area contributed by atoms with Crippen LogP contribution in [0.5, 0.6) is 0 Å². The van der Waals surface area contributed by atoms with Gasteiger partial charge in [0.1, 0.15) is 0 Å². The molecular weight excluding hydrogens is 400 g/mol. The van der Waals surface area contributed by atoms with Crippen molar-refractivity contribution in [2.75, 3.05) is 0 Å². The molecule has 6 rings (SSSR count). The van der Waals surface area contributed by atoms with Crippen LogP contribution in [0.4, 0.5) is 0 Å². The molecule has 2 heterocycles. The summed E-state index contributed by atoms with van der Waals surface area (Å²) in [5, 5.41) is 5.39. The molecular formula is C28H20S2. The average Bonchev–Trinajstić information content (AvgIpc) is 3.39. The monoisotopic (exact) mass is 420 g/mol. The molecule has 0 N–H and O–H groups in total. The van der Waals surface area contributed by atoms with Gasteiger partial charge in [-0.3, -0.25) is 0 Å². The zero-order valence-corrected chi connectivity index (χ0v) is 18.5. The van der Waals surface area contributed by atoms with E-state index in [0.717, 1.165) is 0 Å². The molecule has 0 aliphatic rings. The molecule has 0 saturated heterocycles. The van der Waals surface area contributed by atoms with Crippen LogP contribution in [-0.2, 0) is 0 Å². The van der Waals surface area contributed by atoms with E-state index in [1.165, 1.54) is 63.0 Å². The normalized spacial score (nSPS) is 11.7. The number of rotatable bonds is 2. The van der Waals surface area contributed by atoms with Crippen LogP contribution >= 0.6 is 22.7 Å². The largest absolute Gasteiger partial charge is 0.135 e. The van der Waals surface area contributed by atoms with Gasteiger partial charge < -0.3 is 0 Å². The minimum Gasteiger partial charge on any atom is -0.135 e. The van der Waals surface area contributed by atoms with Gasteiger partial charge in [0.25, 0.3) is 0 Å². The third-order valence-electron chi connectivity index (χ3n) is 5.83. The highest BCUT2D eigenvalue weighted by Crippen LogP contribution is 2.43. The maximum atomic E-state index is 2.33. The molecule has 0 fully saturated rings. The minimum absolute atomic E-state index is 1.30. The Morgan fingerprint density at radius 2 is 0.867 bits per heavy atom. The van der Waals surface area contributed by atoms with Gasteiger partial charge in [-0.1, -0.05) is 83.9 Å². The quantitative estimate of drug-likeness (QED) is 0.262. The van der Waals surface area contributed by atoms with Gasteiger partial charge in [0, 0.05) is 29.9 Å². The molecule has 0 radical (unpaired) electrons. The first-order valence-corrected chi connectivity index (χ1v) is 11.8. The van der Waals surface area contributed by atoms with Crippen molar-refractivity contribution in [1.82, 2.24) is 0 Å². The molecule has 0 aliphatic carbocycles. The summed E-state index contributed by atoms with van der Waals surface area (Å²) < 4.78 is 2.77. The lowest BCUT2D eigenvalue weighted by molar-refractivity contribution is 1.48. The highest BCUT2D eigenvalue weighted by atomic mass is 32.1. The van der Waals surface area contributed by atoms with E-state index in [0.29, 0.717) is 0 Å². The molecule has 0 aliphatic heterocycles. The van der Waals surface area contributed by atoms with Crippen molar-refractivity contribution in [2.45, 2.75) is 13.8 Å². The van der Waals surface area contributed by atoms with Crippen molar-refractivity contribution in [2.24, 2.45) is 0 Å². The summed E-state index contributed by atoms with van der Waals surface area (Å²) >= 11 is 3.81. The van der Waals surface area contributed by atoms with Gasteiger partial charge in [-0.05, 0) is 47.9 Å². The molecule has 6 aromatic rings. The Morgan fingerprint density at radius 3 is 1.27 bits per heavy atom. The molecule has 0 amide bonds. The second-order valence-electron chi connectivity index (χ2n) is 8.02. The van der Waals surface area contributed by atoms with Crippen molar-refractivity contribution in [1.29, 1.82) is 0 Å². The Morgan fingerprint density at radius 1 is 0.467 bits per heavy atom. The number of fused-ring (bicyclic) bond motifs is 5. The van der Waals surface area contributed by atoms with Gasteiger partial charge in [-0.15, -0.1) is 22.7 Å². The van der Waals surface area contributed by atoms with E-state index < -0.39 is 0 Å². The van der Waals surface area contributed by atoms with Crippen molar-refractivity contribution in [3.05, 3.63) is 96.1 Å². The Hall–Kier alpha value is -2.94. The number of hydrogen-bond donors (Lipinski definition) is 0. The van der Waals surface area contributed by atoms with E-state index in [1.54, 1.807) is 0 Å². The molecule has 2 aromatic heterocycles. The number of aryl methyl sites for hydroxylation is 2. The molecule has 30 heavy (non-hydrogen) atoms. The lowest BCUT2D eigenvalue weighted by Gasteiger charge is -2.01. The standard InChI is InChI=1S/C28H20S2/c1-17-3-7-19(8-4-17)25-15-21-11-13-24-23(27(21)29-25)14-12-22-16-26(30-28(22)24)20-9-5-18(2)6-10-20/h3-16H,1-2H3. The Balaban J connectivity index is 1.54. The van der Waals surface area contributed by atoms with Crippen LogP contribution in [0.25, 0.3) is 51.8 Å². The smallest absolute Gasteiger partial charge is 0.0428 e. The molecule has 4 aromatic carbocycles. The second kappa shape index (κ2) is 6.80. The third-order valence-corrected chi connectivity index (χ3v) is 8.30. The van der Waals surface area contributed by atoms with Crippen molar-refractivity contribution in [3.8, 4) is 20.9 Å². The summed E-state index contributed by atoms with van der Waals surface area (Å²) in [5.74, 6) is 0.